The molecule has 0 bridgehead atoms. The lowest BCUT2D eigenvalue weighted by atomic mass is 9.95. The number of rotatable bonds is 14. The van der Waals surface area contributed by atoms with Gasteiger partial charge < -0.3 is 36.6 Å². The van der Waals surface area contributed by atoms with E-state index in [9.17, 15) is 14.4 Å². The molecule has 38 heavy (non-hydrogen) atoms. The van der Waals surface area contributed by atoms with E-state index in [-0.39, 0.29) is 5.78 Å². The SMILES string of the molecule is CCOC(Cc1ccc(OCCN2C=C3C=CCC(=O)C3=CN2)cc1)C(=O)O.NCCCC[C@H](N)C(=O)O. The number of carboxylic acids is 2. The third kappa shape index (κ3) is 10.4. The summed E-state index contributed by atoms with van der Waals surface area (Å²) in [6.07, 6.45) is 9.53. The minimum Gasteiger partial charge on any atom is -0.492 e. The quantitative estimate of drug-likeness (QED) is 0.221. The third-order valence-corrected chi connectivity index (χ3v) is 5.76. The smallest absolute Gasteiger partial charge is 0.333 e. The highest BCUT2D eigenvalue weighted by Gasteiger charge is 2.20. The van der Waals surface area contributed by atoms with Gasteiger partial charge in [-0.25, -0.2) is 4.79 Å². The van der Waals surface area contributed by atoms with Gasteiger partial charge in [0.2, 0.25) is 0 Å². The van der Waals surface area contributed by atoms with E-state index in [1.54, 1.807) is 13.1 Å². The number of carbonyl (C=O) groups excluding carboxylic acids is 1. The van der Waals surface area contributed by atoms with E-state index in [0.29, 0.717) is 56.9 Å². The molecule has 208 valence electrons. The van der Waals surface area contributed by atoms with E-state index in [1.165, 1.54) is 0 Å². The number of ether oxygens (including phenoxy) is 2. The van der Waals surface area contributed by atoms with Crippen LogP contribution >= 0.6 is 0 Å². The Morgan fingerprint density at radius 3 is 2.53 bits per heavy atom. The summed E-state index contributed by atoms with van der Waals surface area (Å²) in [7, 11) is 0. The number of nitrogens with zero attached hydrogens (tertiary/aromatic N) is 1. The fourth-order valence-electron chi connectivity index (χ4n) is 3.66. The van der Waals surface area contributed by atoms with Crippen LogP contribution < -0.4 is 21.6 Å². The molecule has 1 aliphatic heterocycles. The van der Waals surface area contributed by atoms with E-state index in [0.717, 1.165) is 24.0 Å². The summed E-state index contributed by atoms with van der Waals surface area (Å²) in [6.45, 7) is 3.79. The Kier molecular flexibility index (Phi) is 13.0. The molecule has 0 fully saturated rings. The molecule has 3 rings (SSSR count). The van der Waals surface area contributed by atoms with Crippen molar-refractivity contribution in [1.82, 2.24) is 10.4 Å². The number of carbonyl (C=O) groups is 3. The number of unbranched alkanes of at least 4 members (excludes halogenated alkanes) is 1. The van der Waals surface area contributed by atoms with Gasteiger partial charge in [0.1, 0.15) is 18.4 Å². The van der Waals surface area contributed by atoms with Gasteiger partial charge in [0, 0.05) is 43.0 Å². The first-order chi connectivity index (χ1) is 18.2. The molecular weight excluding hydrogens is 492 g/mol. The van der Waals surface area contributed by atoms with E-state index < -0.39 is 24.1 Å². The maximum absolute atomic E-state index is 11.8. The predicted molar refractivity (Wildman–Crippen MR) is 142 cm³/mol. The number of fused-ring (bicyclic) bond motifs is 1. The summed E-state index contributed by atoms with van der Waals surface area (Å²) < 4.78 is 11.0. The topological polar surface area (TPSA) is 177 Å². The Hall–Kier alpha value is -3.67. The van der Waals surface area contributed by atoms with Gasteiger partial charge in [0.15, 0.2) is 11.9 Å². The predicted octanol–water partition coefficient (Wildman–Crippen LogP) is 1.74. The van der Waals surface area contributed by atoms with Crippen molar-refractivity contribution < 1.29 is 34.1 Å². The highest BCUT2D eigenvalue weighted by atomic mass is 16.5. The summed E-state index contributed by atoms with van der Waals surface area (Å²) in [5.41, 5.74) is 16.0. The first kappa shape index (κ1) is 30.6. The highest BCUT2D eigenvalue weighted by molar-refractivity contribution is 6.02. The van der Waals surface area contributed by atoms with Gasteiger partial charge in [-0.3, -0.25) is 14.6 Å². The summed E-state index contributed by atoms with van der Waals surface area (Å²) in [6, 6.07) is 6.62. The molecule has 11 heteroatoms. The molecule has 0 spiro atoms. The summed E-state index contributed by atoms with van der Waals surface area (Å²) >= 11 is 0. The van der Waals surface area contributed by atoms with Gasteiger partial charge in [-0.2, -0.15) is 0 Å². The molecule has 7 N–H and O–H groups in total. The van der Waals surface area contributed by atoms with Crippen LogP contribution in [0.25, 0.3) is 0 Å². The van der Waals surface area contributed by atoms with Gasteiger partial charge in [-0.05, 0) is 44.0 Å². The molecule has 0 saturated heterocycles. The van der Waals surface area contributed by atoms with Crippen LogP contribution in [0.15, 0.2) is 60.0 Å². The van der Waals surface area contributed by atoms with E-state index in [2.05, 4.69) is 5.43 Å². The maximum atomic E-state index is 11.8. The first-order valence-corrected chi connectivity index (χ1v) is 12.6. The van der Waals surface area contributed by atoms with Crippen molar-refractivity contribution in [3.63, 3.8) is 0 Å². The summed E-state index contributed by atoms with van der Waals surface area (Å²) in [5.74, 6) is -1.07. The number of hydrogen-bond acceptors (Lipinski definition) is 9. The molecular formula is C27H38N4O7. The van der Waals surface area contributed by atoms with Crippen LogP contribution in [0.4, 0.5) is 0 Å². The number of benzene rings is 1. The number of hydrogen-bond donors (Lipinski definition) is 5. The molecule has 1 unspecified atom stereocenters. The van der Waals surface area contributed by atoms with Crippen molar-refractivity contribution in [3.8, 4) is 5.75 Å². The Labute approximate surface area is 222 Å². The number of carboxylic acid groups (broad SMARTS) is 2. The normalized spacial score (nSPS) is 15.7. The van der Waals surface area contributed by atoms with Crippen molar-refractivity contribution in [1.29, 1.82) is 0 Å². The van der Waals surface area contributed by atoms with Crippen LogP contribution in [-0.4, -0.2) is 71.4 Å². The lowest BCUT2D eigenvalue weighted by Gasteiger charge is -2.27. The number of allylic oxidation sites excluding steroid dienone is 4. The number of aliphatic carboxylic acids is 2. The van der Waals surface area contributed by atoms with Crippen LogP contribution in [0.1, 0.15) is 38.2 Å². The summed E-state index contributed by atoms with van der Waals surface area (Å²) in [4.78, 5) is 33.1. The lowest BCUT2D eigenvalue weighted by molar-refractivity contribution is -0.150. The van der Waals surface area contributed by atoms with E-state index in [4.69, 9.17) is 31.2 Å². The number of nitrogens with one attached hydrogen (secondary N) is 1. The fraction of sp³-hybridized carbons (Fsp3) is 0.444. The minimum atomic E-state index is -0.961. The first-order valence-electron chi connectivity index (χ1n) is 12.6. The second-order valence-electron chi connectivity index (χ2n) is 8.70. The van der Waals surface area contributed by atoms with Crippen molar-refractivity contribution in [2.75, 3.05) is 26.3 Å². The third-order valence-electron chi connectivity index (χ3n) is 5.76. The zero-order chi connectivity index (χ0) is 27.9. The van der Waals surface area contributed by atoms with Gasteiger partial charge in [0.05, 0.1) is 6.54 Å². The molecule has 1 aromatic rings. The Morgan fingerprint density at radius 2 is 1.89 bits per heavy atom. The van der Waals surface area contributed by atoms with Crippen LogP contribution in [0, 0.1) is 0 Å². The van der Waals surface area contributed by atoms with Crippen molar-refractivity contribution >= 4 is 17.7 Å². The number of nitrogens with two attached hydrogens (primary N) is 2. The van der Waals surface area contributed by atoms with Crippen LogP contribution in [0.5, 0.6) is 5.75 Å². The monoisotopic (exact) mass is 530 g/mol. The average molecular weight is 531 g/mol. The molecule has 0 saturated carbocycles. The Morgan fingerprint density at radius 1 is 1.16 bits per heavy atom. The highest BCUT2D eigenvalue weighted by Crippen LogP contribution is 2.22. The van der Waals surface area contributed by atoms with E-state index >= 15 is 0 Å². The molecule has 0 radical (unpaired) electrons. The number of hydrazine groups is 1. The molecule has 1 aromatic carbocycles. The van der Waals surface area contributed by atoms with Gasteiger partial charge in [0.25, 0.3) is 0 Å². The molecule has 2 atom stereocenters. The number of ketones is 1. The van der Waals surface area contributed by atoms with Crippen LogP contribution in [0.3, 0.4) is 0 Å². The van der Waals surface area contributed by atoms with Crippen molar-refractivity contribution in [2.24, 2.45) is 11.5 Å². The molecule has 1 aliphatic carbocycles. The van der Waals surface area contributed by atoms with Crippen molar-refractivity contribution in [3.05, 3.63) is 65.5 Å². The van der Waals surface area contributed by atoms with Crippen LogP contribution in [-0.2, 0) is 25.5 Å². The standard InChI is InChI=1S/C21H24N2O5.C6H14N2O2/c1-2-27-20(21(25)26)12-15-6-8-17(9-7-15)28-11-10-23-14-16-4-3-5-19(24)18(16)13-22-23;7-4-2-1-3-5(8)6(9)10/h3-4,6-9,13-14,20,22H,2,5,10-12H2,1H3,(H,25,26);5H,1-4,7-8H2,(H,9,10)/t;5-/m.0/s1. The van der Waals surface area contributed by atoms with Gasteiger partial charge in [-0.15, -0.1) is 0 Å². The Balaban J connectivity index is 0.000000432. The lowest BCUT2D eigenvalue weighted by Crippen LogP contribution is -2.37. The zero-order valence-corrected chi connectivity index (χ0v) is 21.7. The summed E-state index contributed by atoms with van der Waals surface area (Å²) in [5, 5.41) is 19.4. The Bertz CT molecular complexity index is 1020. The maximum Gasteiger partial charge on any atom is 0.333 e. The molecule has 11 nitrogen and oxygen atoms in total. The number of Topliss-reactive ketones (excluding diaryl/α,β-unsaturated/α-hetero) is 1. The zero-order valence-electron chi connectivity index (χ0n) is 21.7. The average Bonchev–Trinajstić information content (AvgIpc) is 2.90. The minimum absolute atomic E-state index is 0.117. The fourth-order valence-corrected chi connectivity index (χ4v) is 3.66. The van der Waals surface area contributed by atoms with Gasteiger partial charge >= 0.3 is 11.9 Å². The molecule has 0 aromatic heterocycles. The second kappa shape index (κ2) is 16.2. The largest absolute Gasteiger partial charge is 0.492 e. The molecule has 1 heterocycles. The second-order valence-corrected chi connectivity index (χ2v) is 8.70. The molecule has 2 aliphatic rings. The molecule has 0 amide bonds. The van der Waals surface area contributed by atoms with E-state index in [1.807, 2.05) is 47.6 Å². The van der Waals surface area contributed by atoms with Crippen molar-refractivity contribution in [2.45, 2.75) is 51.2 Å². The van der Waals surface area contributed by atoms with Crippen LogP contribution in [0.2, 0.25) is 0 Å². The van der Waals surface area contributed by atoms with Gasteiger partial charge in [-0.1, -0.05) is 30.7 Å².